The Morgan fingerprint density at radius 3 is 2.87 bits per heavy atom. The molecule has 0 unspecified atom stereocenters. The lowest BCUT2D eigenvalue weighted by atomic mass is 10.2. The third-order valence-corrected chi connectivity index (χ3v) is 1.87. The van der Waals surface area contributed by atoms with Gasteiger partial charge >= 0.3 is 0 Å². The second-order valence-corrected chi connectivity index (χ2v) is 2.93. The van der Waals surface area contributed by atoms with Crippen molar-refractivity contribution in [3.8, 4) is 5.75 Å². The molecule has 0 bridgehead atoms. The summed E-state index contributed by atoms with van der Waals surface area (Å²) in [5, 5.41) is 2.37. The zero-order chi connectivity index (χ0) is 11.3. The molecule has 4 nitrogen and oxygen atoms in total. The number of hydrogen-bond donors (Lipinski definition) is 2. The van der Waals surface area contributed by atoms with E-state index in [2.05, 4.69) is 5.32 Å². The molecule has 3 N–H and O–H groups in total. The summed E-state index contributed by atoms with van der Waals surface area (Å²) in [7, 11) is 1.49. The van der Waals surface area contributed by atoms with Gasteiger partial charge in [0, 0.05) is 13.6 Å². The highest BCUT2D eigenvalue weighted by molar-refractivity contribution is 5.77. The van der Waals surface area contributed by atoms with Gasteiger partial charge in [-0.25, -0.2) is 4.39 Å². The highest BCUT2D eigenvalue weighted by Crippen LogP contribution is 2.17. The average molecular weight is 212 g/mol. The molecule has 82 valence electrons. The lowest BCUT2D eigenvalue weighted by Gasteiger charge is -2.07. The van der Waals surface area contributed by atoms with Crippen molar-refractivity contribution < 1.29 is 13.9 Å². The Morgan fingerprint density at radius 2 is 2.33 bits per heavy atom. The SMILES string of the molecule is CNC(=O)COc1ccc(CN)cc1F. The first-order chi connectivity index (χ1) is 7.17. The molecular formula is C10H13FN2O2. The summed E-state index contributed by atoms with van der Waals surface area (Å²) in [6.07, 6.45) is 0. The minimum atomic E-state index is -0.512. The van der Waals surface area contributed by atoms with Gasteiger partial charge in [-0.2, -0.15) is 0 Å². The molecule has 0 atom stereocenters. The van der Waals surface area contributed by atoms with E-state index in [4.69, 9.17) is 10.5 Å². The molecule has 0 saturated carbocycles. The maximum Gasteiger partial charge on any atom is 0.257 e. The van der Waals surface area contributed by atoms with Gasteiger partial charge in [0.1, 0.15) is 0 Å². The summed E-state index contributed by atoms with van der Waals surface area (Å²) in [5.74, 6) is -0.769. The number of rotatable bonds is 4. The first kappa shape index (κ1) is 11.5. The van der Waals surface area contributed by atoms with E-state index in [1.54, 1.807) is 6.07 Å². The Kier molecular flexibility index (Phi) is 4.05. The third-order valence-electron chi connectivity index (χ3n) is 1.87. The standard InChI is InChI=1S/C10H13FN2O2/c1-13-10(14)6-15-9-3-2-7(5-12)4-8(9)11/h2-4H,5-6,12H2,1H3,(H,13,14). The minimum absolute atomic E-state index is 0.0517. The van der Waals surface area contributed by atoms with E-state index in [0.717, 1.165) is 0 Å². The first-order valence-corrected chi connectivity index (χ1v) is 4.49. The van der Waals surface area contributed by atoms with Gasteiger partial charge in [-0.3, -0.25) is 4.79 Å². The van der Waals surface area contributed by atoms with Gasteiger partial charge < -0.3 is 15.8 Å². The summed E-state index contributed by atoms with van der Waals surface area (Å²) in [4.78, 5) is 10.8. The molecular weight excluding hydrogens is 199 g/mol. The third kappa shape index (κ3) is 3.21. The smallest absolute Gasteiger partial charge is 0.257 e. The fourth-order valence-corrected chi connectivity index (χ4v) is 1.00. The second kappa shape index (κ2) is 5.31. The minimum Gasteiger partial charge on any atom is -0.481 e. The molecule has 0 aliphatic rings. The van der Waals surface area contributed by atoms with Crippen molar-refractivity contribution in [3.05, 3.63) is 29.6 Å². The van der Waals surface area contributed by atoms with Crippen LogP contribution in [-0.2, 0) is 11.3 Å². The van der Waals surface area contributed by atoms with Gasteiger partial charge in [0.05, 0.1) is 0 Å². The summed E-state index contributed by atoms with van der Waals surface area (Å²) in [6, 6.07) is 4.40. The van der Waals surface area contributed by atoms with Crippen LogP contribution in [0.15, 0.2) is 18.2 Å². The van der Waals surface area contributed by atoms with Crippen LogP contribution in [0.4, 0.5) is 4.39 Å². The van der Waals surface area contributed by atoms with Crippen LogP contribution in [-0.4, -0.2) is 19.6 Å². The number of amides is 1. The van der Waals surface area contributed by atoms with Crippen molar-refractivity contribution in [2.75, 3.05) is 13.7 Å². The number of halogens is 1. The molecule has 1 rings (SSSR count). The second-order valence-electron chi connectivity index (χ2n) is 2.93. The predicted octanol–water partition coefficient (Wildman–Crippen LogP) is 0.409. The van der Waals surface area contributed by atoms with Crippen LogP contribution in [0.3, 0.4) is 0 Å². The Bertz CT molecular complexity index is 355. The summed E-state index contributed by atoms with van der Waals surface area (Å²) in [6.45, 7) is 0.0715. The van der Waals surface area contributed by atoms with Crippen LogP contribution in [0, 0.1) is 5.82 Å². The van der Waals surface area contributed by atoms with Gasteiger partial charge in [-0.1, -0.05) is 6.07 Å². The zero-order valence-electron chi connectivity index (χ0n) is 8.42. The number of nitrogens with two attached hydrogens (primary N) is 1. The lowest BCUT2D eigenvalue weighted by molar-refractivity contribution is -0.122. The maximum absolute atomic E-state index is 13.3. The average Bonchev–Trinajstić information content (AvgIpc) is 2.26. The molecule has 0 heterocycles. The van der Waals surface area contributed by atoms with Crippen molar-refractivity contribution in [1.29, 1.82) is 0 Å². The molecule has 0 aromatic heterocycles. The molecule has 15 heavy (non-hydrogen) atoms. The molecule has 1 amide bonds. The normalized spacial score (nSPS) is 9.80. The molecule has 5 heteroatoms. The van der Waals surface area contributed by atoms with Crippen LogP contribution in [0.1, 0.15) is 5.56 Å². The number of benzene rings is 1. The van der Waals surface area contributed by atoms with E-state index in [-0.39, 0.29) is 24.8 Å². The first-order valence-electron chi connectivity index (χ1n) is 4.49. The molecule has 0 fully saturated rings. The number of hydrogen-bond acceptors (Lipinski definition) is 3. The van der Waals surface area contributed by atoms with Crippen molar-refractivity contribution in [1.82, 2.24) is 5.32 Å². The van der Waals surface area contributed by atoms with Crippen molar-refractivity contribution in [3.63, 3.8) is 0 Å². The number of carbonyl (C=O) groups excluding carboxylic acids is 1. The molecule has 1 aromatic rings. The van der Waals surface area contributed by atoms with E-state index in [0.29, 0.717) is 5.56 Å². The number of nitrogens with one attached hydrogen (secondary N) is 1. The Balaban J connectivity index is 2.66. The largest absolute Gasteiger partial charge is 0.481 e. The fraction of sp³-hybridized carbons (Fsp3) is 0.300. The highest BCUT2D eigenvalue weighted by atomic mass is 19.1. The fourth-order valence-electron chi connectivity index (χ4n) is 1.00. The van der Waals surface area contributed by atoms with Crippen LogP contribution < -0.4 is 15.8 Å². The highest BCUT2D eigenvalue weighted by Gasteiger charge is 2.06. The van der Waals surface area contributed by atoms with E-state index in [9.17, 15) is 9.18 Å². The van der Waals surface area contributed by atoms with Gasteiger partial charge in [-0.05, 0) is 17.7 Å². The molecule has 0 saturated heterocycles. The van der Waals surface area contributed by atoms with E-state index in [1.165, 1.54) is 19.2 Å². The molecule has 0 spiro atoms. The van der Waals surface area contributed by atoms with Crippen molar-refractivity contribution in [2.24, 2.45) is 5.73 Å². The predicted molar refractivity (Wildman–Crippen MR) is 53.9 cm³/mol. The maximum atomic E-state index is 13.3. The van der Waals surface area contributed by atoms with Crippen LogP contribution >= 0.6 is 0 Å². The topological polar surface area (TPSA) is 64.3 Å². The lowest BCUT2D eigenvalue weighted by Crippen LogP contribution is -2.25. The molecule has 0 aliphatic heterocycles. The monoisotopic (exact) mass is 212 g/mol. The number of likely N-dealkylation sites (N-methyl/N-ethyl adjacent to an activating group) is 1. The quantitative estimate of drug-likeness (QED) is 0.759. The van der Waals surface area contributed by atoms with Gasteiger partial charge in [0.25, 0.3) is 5.91 Å². The number of carbonyl (C=O) groups is 1. The van der Waals surface area contributed by atoms with Crippen molar-refractivity contribution >= 4 is 5.91 Å². The van der Waals surface area contributed by atoms with Gasteiger partial charge in [0.15, 0.2) is 18.2 Å². The Labute approximate surface area is 87.2 Å². The van der Waals surface area contributed by atoms with Crippen molar-refractivity contribution in [2.45, 2.75) is 6.54 Å². The van der Waals surface area contributed by atoms with Crippen LogP contribution in [0.25, 0.3) is 0 Å². The zero-order valence-corrected chi connectivity index (χ0v) is 8.42. The van der Waals surface area contributed by atoms with E-state index >= 15 is 0 Å². The molecule has 0 radical (unpaired) electrons. The summed E-state index contributed by atoms with van der Waals surface area (Å²) in [5.41, 5.74) is 6.02. The van der Waals surface area contributed by atoms with Gasteiger partial charge in [0.2, 0.25) is 0 Å². The summed E-state index contributed by atoms with van der Waals surface area (Å²) < 4.78 is 18.2. The van der Waals surface area contributed by atoms with E-state index < -0.39 is 5.82 Å². The van der Waals surface area contributed by atoms with Gasteiger partial charge in [-0.15, -0.1) is 0 Å². The Hall–Kier alpha value is -1.62. The number of ether oxygens (including phenoxy) is 1. The van der Waals surface area contributed by atoms with Crippen LogP contribution in [0.2, 0.25) is 0 Å². The van der Waals surface area contributed by atoms with E-state index in [1.807, 2.05) is 0 Å². The molecule has 0 aliphatic carbocycles. The van der Waals surface area contributed by atoms with Crippen LogP contribution in [0.5, 0.6) is 5.75 Å². The Morgan fingerprint density at radius 1 is 1.60 bits per heavy atom. The summed E-state index contributed by atoms with van der Waals surface area (Å²) >= 11 is 0. The molecule has 1 aromatic carbocycles.